The van der Waals surface area contributed by atoms with E-state index in [-0.39, 0.29) is 115 Å². The minimum absolute atomic E-state index is 0. The number of hydrogen-bond acceptors (Lipinski definition) is 5. The first kappa shape index (κ1) is 82.4. The average molecular weight is 1730 g/mol. The molecule has 13 rings (SSSR count). The molecule has 0 aromatic heterocycles. The van der Waals surface area contributed by atoms with Crippen molar-refractivity contribution in [2.45, 2.75) is 136 Å². The summed E-state index contributed by atoms with van der Waals surface area (Å²) < 4.78 is 22.1. The van der Waals surface area contributed by atoms with Crippen LogP contribution < -0.4 is 30.1 Å². The van der Waals surface area contributed by atoms with Crippen molar-refractivity contribution in [1.29, 1.82) is 0 Å². The quantitative estimate of drug-likeness (QED) is 0.0593. The summed E-state index contributed by atoms with van der Waals surface area (Å²) in [4.78, 5) is 18.1. The Labute approximate surface area is 637 Å². The van der Waals surface area contributed by atoms with E-state index in [1.807, 2.05) is 25.3 Å². The summed E-state index contributed by atoms with van der Waals surface area (Å²) in [7, 11) is 2.35. The fourth-order valence-corrected chi connectivity index (χ4v) is 19.1. The normalized spacial score (nSPS) is 20.5. The number of rotatable bonds is 10. The molecule has 4 radical (unpaired) electrons. The first-order chi connectivity index (χ1) is 42.1. The number of Topliss-reactive ketones (excluding diaryl/α,β-unsaturated/α-hetero) is 1. The molecule has 7 aromatic carbocycles. The van der Waals surface area contributed by atoms with Gasteiger partial charge in [0.1, 0.15) is 39.8 Å². The third-order valence-electron chi connectivity index (χ3n) is 18.9. The molecule has 6 aliphatic rings. The Morgan fingerprint density at radius 3 is 1.61 bits per heavy atom. The maximum atomic E-state index is 13.1. The van der Waals surface area contributed by atoms with Gasteiger partial charge in [-0.1, -0.05) is 194 Å². The van der Waals surface area contributed by atoms with Gasteiger partial charge in [-0.2, -0.15) is 0 Å². The maximum absolute atomic E-state index is 13.1. The molecule has 2 fully saturated rings. The Bertz CT molecular complexity index is 3570. The van der Waals surface area contributed by atoms with Gasteiger partial charge < -0.3 is 33.8 Å². The number of carbonyl (C=O) groups is 1. The van der Waals surface area contributed by atoms with E-state index >= 15 is 0 Å². The third-order valence-corrected chi connectivity index (χ3v) is 24.7. The Kier molecular flexibility index (Phi) is 34.0. The molecule has 2 saturated carbocycles. The van der Waals surface area contributed by atoms with Crippen LogP contribution in [-0.2, 0) is 60.7 Å². The summed E-state index contributed by atoms with van der Waals surface area (Å²) in [6.07, 6.45) is 25.1. The van der Waals surface area contributed by atoms with Crippen molar-refractivity contribution in [1.82, 2.24) is 0 Å². The summed E-state index contributed by atoms with van der Waals surface area (Å²) >= 11 is 15.0. The Balaban J connectivity index is 0.000000272. The van der Waals surface area contributed by atoms with E-state index < -0.39 is 7.92 Å². The molecule has 0 unspecified atom stereocenters. The fraction of sp³-hybridized carbons (Fsp3) is 0.367. The molecule has 14 heteroatoms. The molecule has 1 spiro atoms. The van der Waals surface area contributed by atoms with Gasteiger partial charge in [0.2, 0.25) is 5.90 Å². The molecule has 5 nitrogen and oxygen atoms in total. The van der Waals surface area contributed by atoms with Crippen molar-refractivity contribution in [2.75, 3.05) is 20.8 Å². The largest absolute Gasteiger partial charge is 1.00 e. The first-order valence-electron chi connectivity index (χ1n) is 31.4. The second-order valence-corrected chi connectivity index (χ2v) is 31.3. The Morgan fingerprint density at radius 1 is 0.602 bits per heavy atom. The summed E-state index contributed by atoms with van der Waals surface area (Å²) in [5.41, 5.74) is 12.6. The molecule has 498 valence electrons. The molecule has 1 aliphatic heterocycles. The van der Waals surface area contributed by atoms with Gasteiger partial charge in [0.25, 0.3) is 0 Å². The molecule has 1 heterocycles. The smallest absolute Gasteiger partial charge is 0.220 e. The van der Waals surface area contributed by atoms with Crippen molar-refractivity contribution in [2.24, 2.45) is 34.1 Å². The number of allylic oxidation sites excluding steroid dienone is 4. The Morgan fingerprint density at radius 2 is 1.09 bits per heavy atom. The molecule has 6 atom stereocenters. The van der Waals surface area contributed by atoms with Crippen LogP contribution >= 0.6 is 71.6 Å². The molecule has 0 bridgehead atoms. The van der Waals surface area contributed by atoms with Crippen LogP contribution in [0.25, 0.3) is 0 Å². The minimum Gasteiger partial charge on any atom is -1.00 e. The van der Waals surface area contributed by atoms with Gasteiger partial charge in [-0.05, 0) is 220 Å². The van der Waals surface area contributed by atoms with Crippen LogP contribution in [0.1, 0.15) is 135 Å². The first-order valence-corrected chi connectivity index (χ1v) is 36.1. The minimum atomic E-state index is -1.16. The number of aryl methyl sites for hydroxylation is 2. The zero-order valence-corrected chi connectivity index (χ0v) is 65.8. The molecular formula is C79H91ArBBr4FIrNO4P-2. The monoisotopic (exact) mass is 1730 g/mol. The number of aliphatic imine (C=N–C) groups is 1. The average Bonchev–Trinajstić information content (AvgIpc) is 1.52. The predicted molar refractivity (Wildman–Crippen MR) is 399 cm³/mol. The summed E-state index contributed by atoms with van der Waals surface area (Å²) in [6.45, 7) is 11.7. The zero-order valence-electron chi connectivity index (χ0n) is 55.4. The van der Waals surface area contributed by atoms with Crippen LogP contribution in [0.15, 0.2) is 193 Å². The molecule has 0 N–H and O–H groups in total. The fourth-order valence-electron chi connectivity index (χ4n) is 14.6. The number of nitrogens with zero attached hydrogens (tertiary/aromatic N) is 1. The zero-order chi connectivity index (χ0) is 61.2. The van der Waals surface area contributed by atoms with Crippen LogP contribution in [0.4, 0.5) is 0 Å². The van der Waals surface area contributed by atoms with Crippen molar-refractivity contribution < 1.29 is 81.6 Å². The number of halogens is 5. The molecule has 0 amide bonds. The van der Waals surface area contributed by atoms with Gasteiger partial charge in [0, 0.05) is 107 Å². The van der Waals surface area contributed by atoms with Gasteiger partial charge in [-0.25, -0.2) is 4.99 Å². The van der Waals surface area contributed by atoms with Gasteiger partial charge in [0.15, 0.2) is 0 Å². The number of fused-ring (bicyclic) bond motifs is 2. The van der Waals surface area contributed by atoms with Gasteiger partial charge in [0.05, 0.1) is 33.7 Å². The van der Waals surface area contributed by atoms with E-state index in [0.717, 1.165) is 69.6 Å². The van der Waals surface area contributed by atoms with E-state index in [2.05, 4.69) is 250 Å². The van der Waals surface area contributed by atoms with Crippen molar-refractivity contribution in [3.8, 4) is 11.5 Å². The number of benzene rings is 7. The standard InChI is InChI=1S/C25H26NOP.C22H24Br2O2.C22H22Br2O.C8H12.2CH3.Ar.B.FH.Ir/c1-25(2,3)23-18-27-24(26-23)21-16-10-11-17-22(21)28(19-12-6-4-7-13-19)20-14-8-5-9-15-20;1-14-6-8-20(23)17(10-14)11-15-4-3-5-16(22(15)25)12-18-13-19(26-2)7-9-21(18)24;1-12-6-7-17(23)15-10-13-4-3-5-14-11-16-18(24)8-9-19(25-2)21(16)22(13,14)20(12)15;1-2-4-6-8-7-5-3-1;;;;;;/h4-17,23H,18H2,1-3H3;6-10,13,15-16H,3-5,11-12H2,1-2H3;6-9,13-14H,3-5,10-11H2,1-2H3;1-2,7-8H,3-6H2;2*1H3;;;1H;/q;;;;2*-1;;;;/b;;;2-1-,8-7?;;;;;;/t23-;15-,16-;13-,14-,22-;;;;;;;/m100......./s1. The predicted octanol–water partition coefficient (Wildman–Crippen LogP) is 17.2. The van der Waals surface area contributed by atoms with E-state index in [9.17, 15) is 4.79 Å². The van der Waals surface area contributed by atoms with Gasteiger partial charge in [-0.3, -0.25) is 4.79 Å². The number of hydrogen-bond donors (Lipinski definition) is 0. The molecule has 7 aromatic rings. The van der Waals surface area contributed by atoms with Crippen molar-refractivity contribution in [3.63, 3.8) is 0 Å². The van der Waals surface area contributed by atoms with Crippen molar-refractivity contribution >= 4 is 108 Å². The third kappa shape index (κ3) is 19.3. The van der Waals surface area contributed by atoms with Crippen LogP contribution in [0.2, 0.25) is 0 Å². The summed E-state index contributed by atoms with van der Waals surface area (Å²) in [6, 6.07) is 51.7. The van der Waals surface area contributed by atoms with E-state index in [1.54, 1.807) is 18.2 Å². The van der Waals surface area contributed by atoms with E-state index in [4.69, 9.17) is 19.2 Å². The topological polar surface area (TPSA) is 57.1 Å². The van der Waals surface area contributed by atoms with Crippen LogP contribution in [-0.4, -0.2) is 47.0 Å². The summed E-state index contributed by atoms with van der Waals surface area (Å²) in [5, 5.41) is 4.08. The molecule has 0 saturated heterocycles. The number of ether oxygens (including phenoxy) is 3. The summed E-state index contributed by atoms with van der Waals surface area (Å²) in [5.74, 6) is 4.75. The van der Waals surface area contributed by atoms with Crippen molar-refractivity contribution in [3.05, 3.63) is 253 Å². The van der Waals surface area contributed by atoms with E-state index in [0.29, 0.717) is 24.2 Å². The number of carbonyl (C=O) groups excluding carboxylic acids is 1. The molecular weight excluding hydrogens is 1640 g/mol. The SMILES string of the molecule is C1=CCC/C=C\CC1.CC(C)(C)[C@H]1COC(c2ccccc2[PH+](c2ccccc2)c2ccccc2)=N1.COc1ccc(Br)c(C[C@@H]2CCC[C@@H](Cc3cc(C)ccc3Br)C2=O)c1.COc1ccc(Br)c2c1[C@@]13c4c(C)ccc(Br)c4C[C@@H]1CCC[C@H]3C2.[Ar].[B].[CH3-].[CH3-].[F-].[Ir]. The second kappa shape index (κ2) is 38.4. The second-order valence-electron chi connectivity index (χ2n) is 25.5. The van der Waals surface area contributed by atoms with Gasteiger partial charge in [-0.15, -0.1) is 0 Å². The van der Waals surface area contributed by atoms with Crippen LogP contribution in [0, 0.1) is 95.5 Å². The van der Waals surface area contributed by atoms with Crippen LogP contribution in [0.5, 0.6) is 11.5 Å². The number of methoxy groups -OCH3 is 2. The van der Waals surface area contributed by atoms with Gasteiger partial charge >= 0.3 is 0 Å². The molecule has 5 aliphatic carbocycles. The number of ketones is 1. The molecule has 93 heavy (non-hydrogen) atoms. The maximum Gasteiger partial charge on any atom is 0.220 e. The Hall–Kier alpha value is -2.99. The van der Waals surface area contributed by atoms with E-state index in [1.165, 1.54) is 110 Å². The van der Waals surface area contributed by atoms with Crippen LogP contribution in [0.3, 0.4) is 0 Å².